The highest BCUT2D eigenvalue weighted by Crippen LogP contribution is 2.27. The Balaban J connectivity index is 2.03. The monoisotopic (exact) mass is 314 g/mol. The van der Waals surface area contributed by atoms with Gasteiger partial charge in [-0.15, -0.1) is 0 Å². The van der Waals surface area contributed by atoms with Crippen LogP contribution >= 0.6 is 0 Å². The second kappa shape index (κ2) is 6.89. The fourth-order valence-electron chi connectivity index (χ4n) is 3.02. The van der Waals surface area contributed by atoms with Gasteiger partial charge in [-0.25, -0.2) is 17.7 Å². The van der Waals surface area contributed by atoms with Gasteiger partial charge >= 0.3 is 0 Å². The molecule has 1 aromatic heterocycles. The third-order valence-electron chi connectivity index (χ3n) is 4.05. The Morgan fingerprint density at radius 2 is 2.29 bits per heavy atom. The van der Waals surface area contributed by atoms with Crippen LogP contribution in [0.15, 0.2) is 12.5 Å². The molecule has 2 atom stereocenters. The molecule has 0 radical (unpaired) electrons. The summed E-state index contributed by atoms with van der Waals surface area (Å²) in [4.78, 5) is 4.44. The lowest BCUT2D eigenvalue weighted by Crippen LogP contribution is -2.40. The van der Waals surface area contributed by atoms with Crippen LogP contribution in [0.1, 0.15) is 37.9 Å². The van der Waals surface area contributed by atoms with Gasteiger partial charge in [-0.3, -0.25) is 0 Å². The highest BCUT2D eigenvalue weighted by molar-refractivity contribution is 7.88. The Bertz CT molecular complexity index is 555. The van der Waals surface area contributed by atoms with Gasteiger partial charge in [0, 0.05) is 26.3 Å². The number of piperidine rings is 1. The summed E-state index contributed by atoms with van der Waals surface area (Å²) in [5.74, 6) is 0.388. The molecule has 2 unspecified atom stereocenters. The second-order valence-corrected chi connectivity index (χ2v) is 7.92. The molecule has 1 aromatic rings. The number of hydrogen-bond acceptors (Lipinski definition) is 4. The molecule has 1 aliphatic rings. The molecule has 2 heterocycles. The fraction of sp³-hybridized carbons (Fsp3) is 0.786. The van der Waals surface area contributed by atoms with E-state index in [4.69, 9.17) is 0 Å². The van der Waals surface area contributed by atoms with Crippen molar-refractivity contribution in [2.75, 3.05) is 25.9 Å². The van der Waals surface area contributed by atoms with Crippen LogP contribution in [-0.4, -0.2) is 48.2 Å². The maximum atomic E-state index is 11.7. The quantitative estimate of drug-likeness (QED) is 0.855. The molecular weight excluding hydrogens is 288 g/mol. The van der Waals surface area contributed by atoms with E-state index in [0.717, 1.165) is 31.5 Å². The summed E-state index contributed by atoms with van der Waals surface area (Å²) in [6.45, 7) is 4.25. The Morgan fingerprint density at radius 3 is 2.86 bits per heavy atom. The van der Waals surface area contributed by atoms with Gasteiger partial charge in [0.05, 0.1) is 24.3 Å². The zero-order valence-corrected chi connectivity index (χ0v) is 13.9. The molecule has 120 valence electrons. The van der Waals surface area contributed by atoms with Crippen molar-refractivity contribution >= 4 is 10.0 Å². The number of imidazole rings is 1. The molecule has 0 spiro atoms. The minimum atomic E-state index is -3.07. The van der Waals surface area contributed by atoms with E-state index in [9.17, 15) is 8.42 Å². The number of sulfonamides is 1. The van der Waals surface area contributed by atoms with Crippen molar-refractivity contribution in [3.05, 3.63) is 18.2 Å². The number of aryl methyl sites for hydroxylation is 1. The van der Waals surface area contributed by atoms with Crippen LogP contribution in [0.25, 0.3) is 0 Å². The maximum Gasteiger partial charge on any atom is 0.211 e. The van der Waals surface area contributed by atoms with Crippen molar-refractivity contribution in [3.8, 4) is 0 Å². The molecule has 7 heteroatoms. The Kier molecular flexibility index (Phi) is 5.40. The van der Waals surface area contributed by atoms with Gasteiger partial charge in [-0.2, -0.15) is 0 Å². The third-order valence-corrected chi connectivity index (χ3v) is 5.32. The van der Waals surface area contributed by atoms with Gasteiger partial charge in [0.15, 0.2) is 0 Å². The molecule has 0 aliphatic carbocycles. The largest absolute Gasteiger partial charge is 0.340 e. The van der Waals surface area contributed by atoms with Gasteiger partial charge in [0.2, 0.25) is 10.0 Å². The predicted molar refractivity (Wildman–Crippen MR) is 83.4 cm³/mol. The molecule has 1 fully saturated rings. The van der Waals surface area contributed by atoms with E-state index in [1.807, 2.05) is 24.1 Å². The highest BCUT2D eigenvalue weighted by Gasteiger charge is 2.28. The average Bonchev–Trinajstić information content (AvgIpc) is 2.84. The summed E-state index contributed by atoms with van der Waals surface area (Å²) in [7, 11) is -1.11. The number of nitrogens with one attached hydrogen (secondary N) is 1. The summed E-state index contributed by atoms with van der Waals surface area (Å²) in [6.07, 6.45) is 8.10. The average molecular weight is 314 g/mol. The standard InChI is InChI=1S/C14H26N4O2S/c1-4-15-13(14-10-17(2)11-16-14)8-12-6-5-7-18(9-12)21(3,19)20/h10-13,15H,4-9H2,1-3H3. The summed E-state index contributed by atoms with van der Waals surface area (Å²) in [6, 6.07) is 0.195. The molecule has 0 saturated carbocycles. The molecule has 1 aliphatic heterocycles. The Labute approximate surface area is 127 Å². The van der Waals surface area contributed by atoms with Crippen molar-refractivity contribution in [1.29, 1.82) is 0 Å². The zero-order valence-electron chi connectivity index (χ0n) is 13.1. The van der Waals surface area contributed by atoms with Crippen molar-refractivity contribution in [3.63, 3.8) is 0 Å². The number of nitrogens with zero attached hydrogens (tertiary/aromatic N) is 3. The van der Waals surface area contributed by atoms with E-state index in [-0.39, 0.29) is 6.04 Å². The van der Waals surface area contributed by atoms with Crippen LogP contribution in [0.3, 0.4) is 0 Å². The van der Waals surface area contributed by atoms with E-state index in [1.165, 1.54) is 6.26 Å². The van der Waals surface area contributed by atoms with Crippen molar-refractivity contribution in [2.45, 2.75) is 32.2 Å². The topological polar surface area (TPSA) is 67.2 Å². The normalized spacial score (nSPS) is 22.3. The Hall–Kier alpha value is -0.920. The number of aromatic nitrogens is 2. The molecular formula is C14H26N4O2S. The summed E-state index contributed by atoms with van der Waals surface area (Å²) < 4.78 is 27.0. The van der Waals surface area contributed by atoms with Gasteiger partial charge in [0.1, 0.15) is 0 Å². The maximum absolute atomic E-state index is 11.7. The van der Waals surface area contributed by atoms with Crippen molar-refractivity contribution < 1.29 is 8.42 Å². The van der Waals surface area contributed by atoms with Crippen molar-refractivity contribution in [2.24, 2.45) is 13.0 Å². The van der Waals surface area contributed by atoms with E-state index in [0.29, 0.717) is 19.0 Å². The highest BCUT2D eigenvalue weighted by atomic mass is 32.2. The fourth-order valence-corrected chi connectivity index (χ4v) is 3.96. The second-order valence-electron chi connectivity index (χ2n) is 5.94. The van der Waals surface area contributed by atoms with Gasteiger partial charge in [0.25, 0.3) is 0 Å². The van der Waals surface area contributed by atoms with E-state index < -0.39 is 10.0 Å². The molecule has 2 rings (SSSR count). The van der Waals surface area contributed by atoms with Crippen LogP contribution in [0.5, 0.6) is 0 Å². The molecule has 0 bridgehead atoms. The lowest BCUT2D eigenvalue weighted by molar-refractivity contribution is 0.238. The minimum Gasteiger partial charge on any atom is -0.340 e. The van der Waals surface area contributed by atoms with Crippen LogP contribution in [-0.2, 0) is 17.1 Å². The first-order valence-corrected chi connectivity index (χ1v) is 9.41. The van der Waals surface area contributed by atoms with Gasteiger partial charge < -0.3 is 9.88 Å². The molecule has 0 aromatic carbocycles. The Morgan fingerprint density at radius 1 is 1.52 bits per heavy atom. The molecule has 1 N–H and O–H groups in total. The first-order chi connectivity index (χ1) is 9.90. The predicted octanol–water partition coefficient (Wildman–Crippen LogP) is 1.13. The number of hydrogen-bond donors (Lipinski definition) is 1. The van der Waals surface area contributed by atoms with Crippen molar-refractivity contribution in [1.82, 2.24) is 19.2 Å². The van der Waals surface area contributed by atoms with E-state index in [2.05, 4.69) is 17.2 Å². The minimum absolute atomic E-state index is 0.195. The third kappa shape index (κ3) is 4.52. The number of rotatable bonds is 6. The molecule has 21 heavy (non-hydrogen) atoms. The summed E-state index contributed by atoms with van der Waals surface area (Å²) in [5, 5.41) is 3.47. The van der Waals surface area contributed by atoms with Crippen LogP contribution in [0, 0.1) is 5.92 Å². The summed E-state index contributed by atoms with van der Waals surface area (Å²) >= 11 is 0. The van der Waals surface area contributed by atoms with E-state index in [1.54, 1.807) is 4.31 Å². The molecule has 1 saturated heterocycles. The van der Waals surface area contributed by atoms with Crippen LogP contribution in [0.4, 0.5) is 0 Å². The first kappa shape index (κ1) is 16.5. The zero-order chi connectivity index (χ0) is 15.5. The van der Waals surface area contributed by atoms with Gasteiger partial charge in [-0.1, -0.05) is 6.92 Å². The lowest BCUT2D eigenvalue weighted by atomic mass is 9.91. The SMILES string of the molecule is CCNC(CC1CCCN(S(C)(=O)=O)C1)c1cn(C)cn1. The molecule has 0 amide bonds. The smallest absolute Gasteiger partial charge is 0.211 e. The van der Waals surface area contributed by atoms with Crippen LogP contribution < -0.4 is 5.32 Å². The van der Waals surface area contributed by atoms with E-state index >= 15 is 0 Å². The lowest BCUT2D eigenvalue weighted by Gasteiger charge is -2.32. The van der Waals surface area contributed by atoms with Gasteiger partial charge in [-0.05, 0) is 31.7 Å². The van der Waals surface area contributed by atoms with Crippen LogP contribution in [0.2, 0.25) is 0 Å². The summed E-state index contributed by atoms with van der Waals surface area (Å²) in [5.41, 5.74) is 1.04. The molecule has 6 nitrogen and oxygen atoms in total. The first-order valence-electron chi connectivity index (χ1n) is 7.56.